The molecule has 0 radical (unpaired) electrons. The SMILES string of the molecule is O=C(CCNS(=O)(=O)c1ccc(Br)cc1)N1CC=C(c2ccccc2)CC1. The minimum Gasteiger partial charge on any atom is -0.339 e. The van der Waals surface area contributed by atoms with E-state index in [1.54, 1.807) is 17.0 Å². The number of rotatable bonds is 6. The van der Waals surface area contributed by atoms with Crippen molar-refractivity contribution < 1.29 is 13.2 Å². The number of nitrogens with one attached hydrogen (secondary N) is 1. The molecule has 1 aliphatic rings. The molecule has 0 saturated heterocycles. The molecule has 0 saturated carbocycles. The van der Waals surface area contributed by atoms with E-state index in [1.165, 1.54) is 23.3 Å². The molecule has 7 heteroatoms. The van der Waals surface area contributed by atoms with E-state index in [0.29, 0.717) is 13.1 Å². The average Bonchev–Trinajstić information content (AvgIpc) is 2.69. The maximum absolute atomic E-state index is 12.4. The molecule has 0 atom stereocenters. The number of nitrogens with zero attached hydrogens (tertiary/aromatic N) is 1. The van der Waals surface area contributed by atoms with Crippen LogP contribution in [0.25, 0.3) is 5.57 Å². The molecule has 0 aliphatic carbocycles. The summed E-state index contributed by atoms with van der Waals surface area (Å²) in [6.45, 7) is 1.30. The van der Waals surface area contributed by atoms with Crippen molar-refractivity contribution in [1.29, 1.82) is 0 Å². The highest BCUT2D eigenvalue weighted by atomic mass is 79.9. The minimum absolute atomic E-state index is 0.0446. The maximum atomic E-state index is 12.4. The van der Waals surface area contributed by atoms with Gasteiger partial charge in [-0.1, -0.05) is 52.3 Å². The lowest BCUT2D eigenvalue weighted by Crippen LogP contribution is -2.37. The third-order valence-electron chi connectivity index (χ3n) is 4.46. The van der Waals surface area contributed by atoms with E-state index in [2.05, 4.69) is 38.9 Å². The van der Waals surface area contributed by atoms with Crippen molar-refractivity contribution in [2.75, 3.05) is 19.6 Å². The van der Waals surface area contributed by atoms with Crippen LogP contribution in [-0.4, -0.2) is 38.9 Å². The van der Waals surface area contributed by atoms with Crippen LogP contribution in [0.1, 0.15) is 18.4 Å². The van der Waals surface area contributed by atoms with Gasteiger partial charge in [-0.25, -0.2) is 13.1 Å². The maximum Gasteiger partial charge on any atom is 0.240 e. The summed E-state index contributed by atoms with van der Waals surface area (Å²) < 4.78 is 27.8. The predicted molar refractivity (Wildman–Crippen MR) is 110 cm³/mol. The van der Waals surface area contributed by atoms with Crippen LogP contribution in [-0.2, 0) is 14.8 Å². The highest BCUT2D eigenvalue weighted by Gasteiger charge is 2.19. The van der Waals surface area contributed by atoms with E-state index in [1.807, 2.05) is 18.2 Å². The zero-order valence-corrected chi connectivity index (χ0v) is 17.2. The first kappa shape index (κ1) is 19.8. The predicted octanol–water partition coefficient (Wildman–Crippen LogP) is 3.43. The fourth-order valence-electron chi connectivity index (χ4n) is 2.96. The summed E-state index contributed by atoms with van der Waals surface area (Å²) in [5, 5.41) is 0. The number of carbonyl (C=O) groups is 1. The van der Waals surface area contributed by atoms with E-state index >= 15 is 0 Å². The fourth-order valence-corrected chi connectivity index (χ4v) is 4.25. The number of sulfonamides is 1. The van der Waals surface area contributed by atoms with E-state index in [-0.39, 0.29) is 23.8 Å². The Labute approximate surface area is 168 Å². The Balaban J connectivity index is 1.50. The van der Waals surface area contributed by atoms with E-state index in [0.717, 1.165) is 10.9 Å². The number of halogens is 1. The van der Waals surface area contributed by atoms with Gasteiger partial charge in [0.2, 0.25) is 15.9 Å². The van der Waals surface area contributed by atoms with Gasteiger partial charge in [-0.05, 0) is 41.8 Å². The van der Waals surface area contributed by atoms with Crippen LogP contribution in [0.5, 0.6) is 0 Å². The zero-order chi connectivity index (χ0) is 19.3. The summed E-state index contributed by atoms with van der Waals surface area (Å²) in [6, 6.07) is 16.5. The van der Waals surface area contributed by atoms with E-state index < -0.39 is 10.0 Å². The van der Waals surface area contributed by atoms with Crippen LogP contribution in [0.3, 0.4) is 0 Å². The van der Waals surface area contributed by atoms with Gasteiger partial charge in [-0.3, -0.25) is 4.79 Å². The molecule has 0 bridgehead atoms. The highest BCUT2D eigenvalue weighted by molar-refractivity contribution is 9.10. The molecule has 2 aromatic rings. The Hall–Kier alpha value is -1.96. The van der Waals surface area contributed by atoms with Crippen molar-refractivity contribution in [2.24, 2.45) is 0 Å². The highest BCUT2D eigenvalue weighted by Crippen LogP contribution is 2.22. The molecule has 3 rings (SSSR count). The zero-order valence-electron chi connectivity index (χ0n) is 14.8. The molecule has 2 aromatic carbocycles. The summed E-state index contributed by atoms with van der Waals surface area (Å²) in [4.78, 5) is 14.3. The standard InChI is InChI=1S/C20H21BrN2O3S/c21-18-6-8-19(9-7-18)27(25,26)22-13-10-20(24)23-14-11-17(12-15-23)16-4-2-1-3-5-16/h1-9,11,22H,10,12-15H2. The molecular formula is C20H21BrN2O3S. The fraction of sp³-hybridized carbons (Fsp3) is 0.250. The summed E-state index contributed by atoms with van der Waals surface area (Å²) in [5.74, 6) is -0.0446. The largest absolute Gasteiger partial charge is 0.339 e. The van der Waals surface area contributed by atoms with Crippen molar-refractivity contribution in [3.8, 4) is 0 Å². The molecule has 0 spiro atoms. The third kappa shape index (κ3) is 5.28. The lowest BCUT2D eigenvalue weighted by Gasteiger charge is -2.26. The Morgan fingerprint density at radius 2 is 1.78 bits per heavy atom. The monoisotopic (exact) mass is 448 g/mol. The van der Waals surface area contributed by atoms with Gasteiger partial charge in [0.05, 0.1) is 4.90 Å². The number of hydrogen-bond donors (Lipinski definition) is 1. The second kappa shape index (κ2) is 8.82. The van der Waals surface area contributed by atoms with Crippen LogP contribution in [0, 0.1) is 0 Å². The summed E-state index contributed by atoms with van der Waals surface area (Å²) in [5.41, 5.74) is 2.43. The van der Waals surface area contributed by atoms with E-state index in [9.17, 15) is 13.2 Å². The van der Waals surface area contributed by atoms with Gasteiger partial charge in [-0.2, -0.15) is 0 Å². The lowest BCUT2D eigenvalue weighted by molar-refractivity contribution is -0.130. The van der Waals surface area contributed by atoms with Gasteiger partial charge >= 0.3 is 0 Å². The first-order valence-corrected chi connectivity index (χ1v) is 11.0. The molecule has 1 N–H and O–H groups in total. The molecular weight excluding hydrogens is 428 g/mol. The second-order valence-electron chi connectivity index (χ2n) is 6.29. The molecule has 142 valence electrons. The summed E-state index contributed by atoms with van der Waals surface area (Å²) in [6.07, 6.45) is 3.02. The quantitative estimate of drug-likeness (QED) is 0.735. The van der Waals surface area contributed by atoms with Crippen molar-refractivity contribution >= 4 is 37.4 Å². The van der Waals surface area contributed by atoms with Crippen molar-refractivity contribution in [1.82, 2.24) is 9.62 Å². The van der Waals surface area contributed by atoms with Crippen LogP contribution in [0.15, 0.2) is 70.0 Å². The number of carbonyl (C=O) groups excluding carboxylic acids is 1. The topological polar surface area (TPSA) is 66.5 Å². The van der Waals surface area contributed by atoms with E-state index in [4.69, 9.17) is 0 Å². The van der Waals surface area contributed by atoms with Crippen LogP contribution >= 0.6 is 15.9 Å². The number of hydrogen-bond acceptors (Lipinski definition) is 3. The smallest absolute Gasteiger partial charge is 0.240 e. The van der Waals surface area contributed by atoms with Crippen LogP contribution < -0.4 is 4.72 Å². The Morgan fingerprint density at radius 1 is 1.07 bits per heavy atom. The Morgan fingerprint density at radius 3 is 2.41 bits per heavy atom. The molecule has 0 unspecified atom stereocenters. The van der Waals surface area contributed by atoms with Gasteiger partial charge in [-0.15, -0.1) is 0 Å². The average molecular weight is 449 g/mol. The second-order valence-corrected chi connectivity index (χ2v) is 8.97. The van der Waals surface area contributed by atoms with Crippen molar-refractivity contribution in [3.05, 3.63) is 70.7 Å². The Kier molecular flexibility index (Phi) is 6.46. The molecule has 0 aromatic heterocycles. The third-order valence-corrected chi connectivity index (χ3v) is 6.47. The molecule has 1 aliphatic heterocycles. The summed E-state index contributed by atoms with van der Waals surface area (Å²) >= 11 is 3.28. The number of benzene rings is 2. The molecule has 1 amide bonds. The lowest BCUT2D eigenvalue weighted by atomic mass is 9.99. The van der Waals surface area contributed by atoms with Crippen LogP contribution in [0.2, 0.25) is 0 Å². The van der Waals surface area contributed by atoms with Gasteiger partial charge in [0.15, 0.2) is 0 Å². The first-order chi connectivity index (χ1) is 13.0. The Bertz CT molecular complexity index is 925. The van der Waals surface area contributed by atoms with Gasteiger partial charge in [0, 0.05) is 30.5 Å². The first-order valence-electron chi connectivity index (χ1n) is 8.73. The normalized spacial score (nSPS) is 14.7. The minimum atomic E-state index is -3.60. The molecule has 27 heavy (non-hydrogen) atoms. The molecule has 5 nitrogen and oxygen atoms in total. The van der Waals surface area contributed by atoms with Gasteiger partial charge < -0.3 is 4.90 Å². The van der Waals surface area contributed by atoms with Crippen molar-refractivity contribution in [2.45, 2.75) is 17.7 Å². The van der Waals surface area contributed by atoms with Crippen molar-refractivity contribution in [3.63, 3.8) is 0 Å². The molecule has 1 heterocycles. The van der Waals surface area contributed by atoms with Gasteiger partial charge in [0.1, 0.15) is 0 Å². The van der Waals surface area contributed by atoms with Crippen LogP contribution in [0.4, 0.5) is 0 Å². The van der Waals surface area contributed by atoms with Gasteiger partial charge in [0.25, 0.3) is 0 Å². The molecule has 0 fully saturated rings. The number of amides is 1. The summed E-state index contributed by atoms with van der Waals surface area (Å²) in [7, 11) is -3.60.